The van der Waals surface area contributed by atoms with Gasteiger partial charge in [-0.2, -0.15) is 0 Å². The average Bonchev–Trinajstić information content (AvgIpc) is 3.66. The molecule has 0 unspecified atom stereocenters. The molecule has 1 aliphatic rings. The summed E-state index contributed by atoms with van der Waals surface area (Å²) >= 11 is 0. The zero-order valence-electron chi connectivity index (χ0n) is 25.1. The summed E-state index contributed by atoms with van der Waals surface area (Å²) in [7, 11) is 0. The van der Waals surface area contributed by atoms with Gasteiger partial charge >= 0.3 is 0 Å². The van der Waals surface area contributed by atoms with Crippen molar-refractivity contribution in [3.63, 3.8) is 0 Å². The van der Waals surface area contributed by atoms with E-state index in [1.165, 1.54) is 49.4 Å². The van der Waals surface area contributed by atoms with Crippen molar-refractivity contribution in [2.75, 3.05) is 0 Å². The smallest absolute Gasteiger partial charge is 0.235 e. The van der Waals surface area contributed by atoms with Crippen LogP contribution in [0, 0.1) is 0 Å². The minimum atomic E-state index is 0.685. The molecule has 0 N–H and O–H groups in total. The van der Waals surface area contributed by atoms with Crippen molar-refractivity contribution < 1.29 is 0 Å². The lowest BCUT2D eigenvalue weighted by Gasteiger charge is -2.14. The fraction of sp³-hybridized carbons (Fsp3) is 0.0476. The molecular weight excluding hydrogens is 560 g/mol. The van der Waals surface area contributed by atoms with E-state index in [4.69, 9.17) is 9.97 Å². The Morgan fingerprint density at radius 2 is 1.15 bits per heavy atom. The van der Waals surface area contributed by atoms with Crippen LogP contribution >= 0.6 is 0 Å². The van der Waals surface area contributed by atoms with Crippen LogP contribution in [0.3, 0.4) is 0 Å². The van der Waals surface area contributed by atoms with E-state index in [0.717, 1.165) is 46.0 Å². The Labute approximate surface area is 265 Å². The van der Waals surface area contributed by atoms with Crippen molar-refractivity contribution in [2.24, 2.45) is 0 Å². The highest BCUT2D eigenvalue weighted by Crippen LogP contribution is 2.47. The Balaban J connectivity index is 1.44. The van der Waals surface area contributed by atoms with Crippen LogP contribution in [0.2, 0.25) is 0 Å². The van der Waals surface area contributed by atoms with Gasteiger partial charge in [0.25, 0.3) is 0 Å². The number of benzene rings is 6. The van der Waals surface area contributed by atoms with Crippen LogP contribution < -0.4 is 0 Å². The SMILES string of the molecule is C1=Cc2c(c3c4c5ccccc5n(-c5nc(-c6ccccc6)c6ccccc6n5)c4c4ccccc4c3n2-c2ccccc2)CC1. The molecule has 0 atom stereocenters. The topological polar surface area (TPSA) is 35.6 Å². The molecule has 0 bridgehead atoms. The Morgan fingerprint density at radius 1 is 0.522 bits per heavy atom. The first-order valence-electron chi connectivity index (χ1n) is 15.9. The first kappa shape index (κ1) is 25.3. The molecule has 9 aromatic rings. The van der Waals surface area contributed by atoms with Crippen molar-refractivity contribution >= 4 is 60.5 Å². The van der Waals surface area contributed by atoms with E-state index in [1.807, 2.05) is 0 Å². The number of hydrogen-bond acceptors (Lipinski definition) is 2. The minimum absolute atomic E-state index is 0.685. The standard InChI is InChI=1S/C42H28N4/c1-3-15-27(16-4-1)39-31-21-9-12-24-34(31)43-42(44-39)46-36-26-14-11-23-33(36)38-37-32-22-10-13-25-35(32)45(28-17-5-2-6-18-28)40(37)29-19-7-8-20-30(29)41(38)46/h1-9,11-21,23-26H,10,22H2. The van der Waals surface area contributed by atoms with Gasteiger partial charge in [-0.3, -0.25) is 4.57 Å². The second-order valence-electron chi connectivity index (χ2n) is 12.1. The summed E-state index contributed by atoms with van der Waals surface area (Å²) in [5.41, 5.74) is 10.3. The van der Waals surface area contributed by atoms with Gasteiger partial charge in [0.2, 0.25) is 5.95 Å². The zero-order valence-corrected chi connectivity index (χ0v) is 25.1. The maximum Gasteiger partial charge on any atom is 0.235 e. The van der Waals surface area contributed by atoms with Gasteiger partial charge in [0.05, 0.1) is 27.8 Å². The van der Waals surface area contributed by atoms with Gasteiger partial charge in [-0.25, -0.2) is 9.97 Å². The number of aryl methyl sites for hydroxylation is 1. The Kier molecular flexibility index (Phi) is 5.37. The van der Waals surface area contributed by atoms with E-state index in [0.29, 0.717) is 5.95 Å². The summed E-state index contributed by atoms with van der Waals surface area (Å²) < 4.78 is 4.80. The number of fused-ring (bicyclic) bond motifs is 11. The van der Waals surface area contributed by atoms with Gasteiger partial charge in [-0.1, -0.05) is 115 Å². The minimum Gasteiger partial charge on any atom is -0.309 e. The van der Waals surface area contributed by atoms with Gasteiger partial charge in [-0.15, -0.1) is 0 Å². The van der Waals surface area contributed by atoms with Crippen LogP contribution in [0.1, 0.15) is 17.7 Å². The van der Waals surface area contributed by atoms with E-state index in [-0.39, 0.29) is 0 Å². The third kappa shape index (κ3) is 3.50. The molecule has 0 saturated carbocycles. The predicted octanol–water partition coefficient (Wildman–Crippen LogP) is 10.5. The highest BCUT2D eigenvalue weighted by molar-refractivity contribution is 6.33. The quantitative estimate of drug-likeness (QED) is 0.206. The summed E-state index contributed by atoms with van der Waals surface area (Å²) in [6.45, 7) is 0. The Hall–Kier alpha value is -6.00. The van der Waals surface area contributed by atoms with E-state index < -0.39 is 0 Å². The number of nitrogens with zero attached hydrogens (tertiary/aromatic N) is 4. The van der Waals surface area contributed by atoms with Gasteiger partial charge in [0.15, 0.2) is 0 Å². The van der Waals surface area contributed by atoms with Crippen LogP contribution in [0.25, 0.3) is 83.4 Å². The molecule has 6 aromatic carbocycles. The van der Waals surface area contributed by atoms with Gasteiger partial charge < -0.3 is 4.57 Å². The van der Waals surface area contributed by atoms with Crippen LogP contribution in [0.5, 0.6) is 0 Å². The summed E-state index contributed by atoms with van der Waals surface area (Å²) in [6.07, 6.45) is 6.67. The second kappa shape index (κ2) is 9.75. The molecule has 10 rings (SSSR count). The molecule has 4 nitrogen and oxygen atoms in total. The van der Waals surface area contributed by atoms with Crippen molar-refractivity contribution in [1.29, 1.82) is 0 Å². The third-order valence-corrected chi connectivity index (χ3v) is 9.56. The largest absolute Gasteiger partial charge is 0.309 e. The van der Waals surface area contributed by atoms with Gasteiger partial charge in [0.1, 0.15) is 0 Å². The van der Waals surface area contributed by atoms with E-state index in [9.17, 15) is 0 Å². The van der Waals surface area contributed by atoms with Crippen molar-refractivity contribution in [3.8, 4) is 22.9 Å². The molecule has 0 fully saturated rings. The van der Waals surface area contributed by atoms with E-state index in [2.05, 4.69) is 155 Å². The van der Waals surface area contributed by atoms with Crippen molar-refractivity contribution in [2.45, 2.75) is 12.8 Å². The molecular formula is C42H28N4. The molecule has 1 aliphatic carbocycles. The molecule has 3 heterocycles. The number of rotatable bonds is 3. The number of hydrogen-bond donors (Lipinski definition) is 0. The molecule has 0 aliphatic heterocycles. The van der Waals surface area contributed by atoms with Gasteiger partial charge in [0, 0.05) is 49.3 Å². The summed E-state index contributed by atoms with van der Waals surface area (Å²) in [5, 5.41) is 7.28. The first-order valence-corrected chi connectivity index (χ1v) is 15.9. The van der Waals surface area contributed by atoms with E-state index >= 15 is 0 Å². The highest BCUT2D eigenvalue weighted by Gasteiger charge is 2.27. The molecule has 0 amide bonds. The summed E-state index contributed by atoms with van der Waals surface area (Å²) in [4.78, 5) is 10.6. The van der Waals surface area contributed by atoms with Crippen LogP contribution in [0.4, 0.5) is 0 Å². The monoisotopic (exact) mass is 588 g/mol. The fourth-order valence-electron chi connectivity index (χ4n) is 7.69. The summed E-state index contributed by atoms with van der Waals surface area (Å²) in [6, 6.07) is 47.3. The second-order valence-corrected chi connectivity index (χ2v) is 12.1. The van der Waals surface area contributed by atoms with Gasteiger partial charge in [-0.05, 0) is 48.7 Å². The van der Waals surface area contributed by atoms with Crippen LogP contribution in [-0.4, -0.2) is 19.1 Å². The molecule has 3 aromatic heterocycles. The lowest BCUT2D eigenvalue weighted by Crippen LogP contribution is -2.04. The maximum absolute atomic E-state index is 5.38. The molecule has 0 saturated heterocycles. The van der Waals surface area contributed by atoms with Crippen molar-refractivity contribution in [3.05, 3.63) is 151 Å². The first-order chi connectivity index (χ1) is 22.9. The fourth-order valence-corrected chi connectivity index (χ4v) is 7.69. The molecule has 4 heteroatoms. The number of allylic oxidation sites excluding steroid dienone is 1. The number of para-hydroxylation sites is 3. The highest BCUT2D eigenvalue weighted by atomic mass is 15.2. The number of aromatic nitrogens is 4. The normalized spacial score (nSPS) is 13.0. The average molecular weight is 589 g/mol. The molecule has 216 valence electrons. The predicted molar refractivity (Wildman–Crippen MR) is 191 cm³/mol. The lowest BCUT2D eigenvalue weighted by atomic mass is 9.95. The van der Waals surface area contributed by atoms with Crippen molar-refractivity contribution in [1.82, 2.24) is 19.1 Å². The lowest BCUT2D eigenvalue weighted by molar-refractivity contribution is 0.968. The maximum atomic E-state index is 5.38. The van der Waals surface area contributed by atoms with Crippen LogP contribution in [-0.2, 0) is 6.42 Å². The Bertz CT molecular complexity index is 2680. The van der Waals surface area contributed by atoms with E-state index in [1.54, 1.807) is 0 Å². The molecule has 0 spiro atoms. The third-order valence-electron chi connectivity index (χ3n) is 9.56. The Morgan fingerprint density at radius 3 is 1.93 bits per heavy atom. The van der Waals surface area contributed by atoms with Crippen LogP contribution in [0.15, 0.2) is 140 Å². The molecule has 46 heavy (non-hydrogen) atoms. The molecule has 0 radical (unpaired) electrons. The zero-order chi connectivity index (χ0) is 30.2. The summed E-state index contributed by atoms with van der Waals surface area (Å²) in [5.74, 6) is 0.685.